The van der Waals surface area contributed by atoms with Gasteiger partial charge in [0.25, 0.3) is 5.56 Å². The zero-order valence-electron chi connectivity index (χ0n) is 13.2. The molecule has 2 rings (SSSR count). The van der Waals surface area contributed by atoms with E-state index in [0.717, 1.165) is 27.6 Å². The van der Waals surface area contributed by atoms with Gasteiger partial charge < -0.3 is 4.74 Å². The highest BCUT2D eigenvalue weighted by Gasteiger charge is 2.21. The van der Waals surface area contributed by atoms with Crippen LogP contribution in [-0.2, 0) is 9.53 Å². The Labute approximate surface area is 124 Å². The Kier molecular flexibility index (Phi) is 4.16. The van der Waals surface area contributed by atoms with Crippen LogP contribution in [0.3, 0.4) is 0 Å². The number of aromatic nitrogens is 1. The molecule has 1 heterocycles. The lowest BCUT2D eigenvalue weighted by Crippen LogP contribution is -2.30. The zero-order chi connectivity index (χ0) is 15.7. The third-order valence-electron chi connectivity index (χ3n) is 3.70. The number of aryl methyl sites for hydroxylation is 3. The summed E-state index contributed by atoms with van der Waals surface area (Å²) in [5.74, 6) is -0.385. The molecular formula is C17H21NO3. The Hall–Kier alpha value is -2.10. The molecule has 4 nitrogen and oxygen atoms in total. The van der Waals surface area contributed by atoms with Crippen molar-refractivity contribution in [3.63, 3.8) is 0 Å². The van der Waals surface area contributed by atoms with Gasteiger partial charge in [-0.3, -0.25) is 9.36 Å². The number of fused-ring (bicyclic) bond motifs is 1. The van der Waals surface area contributed by atoms with Crippen LogP contribution in [0.2, 0.25) is 0 Å². The molecule has 0 saturated heterocycles. The van der Waals surface area contributed by atoms with E-state index in [9.17, 15) is 9.59 Å². The zero-order valence-corrected chi connectivity index (χ0v) is 13.2. The van der Waals surface area contributed by atoms with Crippen LogP contribution < -0.4 is 5.56 Å². The van der Waals surface area contributed by atoms with Gasteiger partial charge in [0.15, 0.2) is 0 Å². The second kappa shape index (κ2) is 5.72. The van der Waals surface area contributed by atoms with Crippen LogP contribution in [0.5, 0.6) is 0 Å². The van der Waals surface area contributed by atoms with Gasteiger partial charge in [-0.25, -0.2) is 4.79 Å². The third-order valence-corrected chi connectivity index (χ3v) is 3.70. The molecule has 0 saturated carbocycles. The molecule has 0 aliphatic carbocycles. The van der Waals surface area contributed by atoms with Crippen molar-refractivity contribution < 1.29 is 9.53 Å². The van der Waals surface area contributed by atoms with Crippen molar-refractivity contribution in [3.05, 3.63) is 45.2 Å². The number of nitrogens with zero attached hydrogens (tertiary/aromatic N) is 1. The van der Waals surface area contributed by atoms with Crippen molar-refractivity contribution in [2.45, 2.75) is 40.7 Å². The van der Waals surface area contributed by atoms with E-state index in [2.05, 4.69) is 0 Å². The standard InChI is InChI=1S/C17H21NO3/c1-6-21-17(20)13(5)18-15(19)9-11(3)14-8-10(2)7-12(4)16(14)18/h7-9,13H,6H2,1-5H3. The van der Waals surface area contributed by atoms with E-state index in [1.54, 1.807) is 19.9 Å². The maximum absolute atomic E-state index is 12.4. The number of rotatable bonds is 3. The van der Waals surface area contributed by atoms with Gasteiger partial charge in [-0.1, -0.05) is 11.6 Å². The fraction of sp³-hybridized carbons (Fsp3) is 0.412. The Morgan fingerprint density at radius 2 is 1.86 bits per heavy atom. The molecule has 21 heavy (non-hydrogen) atoms. The summed E-state index contributed by atoms with van der Waals surface area (Å²) in [6, 6.07) is 5.01. The van der Waals surface area contributed by atoms with E-state index in [4.69, 9.17) is 4.74 Å². The minimum absolute atomic E-state index is 0.174. The summed E-state index contributed by atoms with van der Waals surface area (Å²) in [6.45, 7) is 9.67. The number of pyridine rings is 1. The average molecular weight is 287 g/mol. The van der Waals surface area contributed by atoms with E-state index in [0.29, 0.717) is 6.61 Å². The SMILES string of the molecule is CCOC(=O)C(C)n1c(=O)cc(C)c2cc(C)cc(C)c21. The first-order valence-corrected chi connectivity index (χ1v) is 7.16. The largest absolute Gasteiger partial charge is 0.464 e. The van der Waals surface area contributed by atoms with Gasteiger partial charge >= 0.3 is 5.97 Å². The topological polar surface area (TPSA) is 48.3 Å². The summed E-state index contributed by atoms with van der Waals surface area (Å²) in [4.78, 5) is 24.4. The molecule has 0 aliphatic heterocycles. The first-order valence-electron chi connectivity index (χ1n) is 7.16. The Balaban J connectivity index is 2.80. The number of hydrogen-bond acceptors (Lipinski definition) is 3. The molecule has 0 amide bonds. The highest BCUT2D eigenvalue weighted by molar-refractivity contribution is 5.87. The molecule has 1 aromatic heterocycles. The van der Waals surface area contributed by atoms with E-state index >= 15 is 0 Å². The summed E-state index contributed by atoms with van der Waals surface area (Å²) in [5, 5.41) is 1.00. The van der Waals surface area contributed by atoms with Gasteiger partial charge in [0, 0.05) is 11.5 Å². The number of ether oxygens (including phenoxy) is 1. The molecular weight excluding hydrogens is 266 g/mol. The summed E-state index contributed by atoms with van der Waals surface area (Å²) in [5.41, 5.74) is 3.69. The molecule has 0 aliphatic rings. The van der Waals surface area contributed by atoms with Gasteiger partial charge in [0.2, 0.25) is 0 Å². The predicted octanol–water partition coefficient (Wildman–Crippen LogP) is 3.05. The Morgan fingerprint density at radius 3 is 2.48 bits per heavy atom. The number of carbonyl (C=O) groups is 1. The van der Waals surface area contributed by atoms with Crippen LogP contribution >= 0.6 is 0 Å². The lowest BCUT2D eigenvalue weighted by Gasteiger charge is -2.19. The van der Waals surface area contributed by atoms with E-state index in [1.165, 1.54) is 4.57 Å². The normalized spacial score (nSPS) is 12.4. The van der Waals surface area contributed by atoms with E-state index in [-0.39, 0.29) is 11.5 Å². The van der Waals surface area contributed by atoms with Gasteiger partial charge in [0.1, 0.15) is 6.04 Å². The number of esters is 1. The lowest BCUT2D eigenvalue weighted by molar-refractivity contribution is -0.146. The maximum atomic E-state index is 12.4. The van der Waals surface area contributed by atoms with Crippen molar-refractivity contribution in [1.82, 2.24) is 4.57 Å². The molecule has 0 spiro atoms. The number of benzene rings is 1. The van der Waals surface area contributed by atoms with Crippen LogP contribution in [0.1, 0.15) is 36.6 Å². The van der Waals surface area contributed by atoms with E-state index in [1.807, 2.05) is 32.9 Å². The predicted molar refractivity (Wildman–Crippen MR) is 83.8 cm³/mol. The average Bonchev–Trinajstić information content (AvgIpc) is 2.39. The molecule has 0 N–H and O–H groups in total. The van der Waals surface area contributed by atoms with Crippen LogP contribution in [0.4, 0.5) is 0 Å². The molecule has 0 bridgehead atoms. The van der Waals surface area contributed by atoms with Crippen LogP contribution in [0.15, 0.2) is 23.0 Å². The van der Waals surface area contributed by atoms with Crippen molar-refractivity contribution >= 4 is 16.9 Å². The highest BCUT2D eigenvalue weighted by Crippen LogP contribution is 2.24. The summed E-state index contributed by atoms with van der Waals surface area (Å²) < 4.78 is 6.59. The van der Waals surface area contributed by atoms with Gasteiger partial charge in [-0.15, -0.1) is 0 Å². The van der Waals surface area contributed by atoms with Crippen molar-refractivity contribution in [1.29, 1.82) is 0 Å². The first kappa shape index (κ1) is 15.3. The summed E-state index contributed by atoms with van der Waals surface area (Å²) >= 11 is 0. The number of hydrogen-bond donors (Lipinski definition) is 0. The van der Waals surface area contributed by atoms with Crippen molar-refractivity contribution in [3.8, 4) is 0 Å². The van der Waals surface area contributed by atoms with Gasteiger partial charge in [-0.05, 0) is 51.8 Å². The molecule has 112 valence electrons. The van der Waals surface area contributed by atoms with Gasteiger partial charge in [0.05, 0.1) is 12.1 Å². The fourth-order valence-corrected chi connectivity index (χ4v) is 2.78. The Morgan fingerprint density at radius 1 is 1.19 bits per heavy atom. The van der Waals surface area contributed by atoms with Crippen LogP contribution in [0.25, 0.3) is 10.9 Å². The molecule has 0 radical (unpaired) electrons. The second-order valence-corrected chi connectivity index (χ2v) is 5.44. The van der Waals surface area contributed by atoms with Crippen LogP contribution in [0, 0.1) is 20.8 Å². The lowest BCUT2D eigenvalue weighted by atomic mass is 10.0. The Bertz CT molecular complexity index is 759. The summed E-state index contributed by atoms with van der Waals surface area (Å²) in [6.07, 6.45) is 0. The minimum Gasteiger partial charge on any atom is -0.464 e. The molecule has 2 aromatic rings. The fourth-order valence-electron chi connectivity index (χ4n) is 2.78. The number of carbonyl (C=O) groups excluding carboxylic acids is 1. The quantitative estimate of drug-likeness (QED) is 0.815. The molecule has 1 atom stereocenters. The molecule has 0 fully saturated rings. The third kappa shape index (κ3) is 2.71. The van der Waals surface area contributed by atoms with Gasteiger partial charge in [-0.2, -0.15) is 0 Å². The summed E-state index contributed by atoms with van der Waals surface area (Å²) in [7, 11) is 0. The maximum Gasteiger partial charge on any atom is 0.328 e. The van der Waals surface area contributed by atoms with Crippen molar-refractivity contribution in [2.24, 2.45) is 0 Å². The first-order chi connectivity index (χ1) is 9.86. The molecule has 4 heteroatoms. The smallest absolute Gasteiger partial charge is 0.328 e. The monoisotopic (exact) mass is 287 g/mol. The highest BCUT2D eigenvalue weighted by atomic mass is 16.5. The minimum atomic E-state index is -0.637. The molecule has 1 aromatic carbocycles. The molecule has 1 unspecified atom stereocenters. The van der Waals surface area contributed by atoms with Crippen molar-refractivity contribution in [2.75, 3.05) is 6.61 Å². The second-order valence-electron chi connectivity index (χ2n) is 5.44. The van der Waals surface area contributed by atoms with E-state index < -0.39 is 6.04 Å². The van der Waals surface area contributed by atoms with Crippen LogP contribution in [-0.4, -0.2) is 17.1 Å².